The molecule has 0 aliphatic carbocycles. The number of carboxylic acid groups (broad SMARTS) is 1. The lowest BCUT2D eigenvalue weighted by molar-refractivity contribution is -0.144. The van der Waals surface area contributed by atoms with Gasteiger partial charge in [0.1, 0.15) is 0 Å². The molecule has 1 rings (SSSR count). The first-order chi connectivity index (χ1) is 14.2. The van der Waals surface area contributed by atoms with Gasteiger partial charge < -0.3 is 5.11 Å². The van der Waals surface area contributed by atoms with E-state index in [1.807, 2.05) is 30.3 Å². The van der Waals surface area contributed by atoms with Gasteiger partial charge in [0.15, 0.2) is 0 Å². The number of hydrogen-bond donors (Lipinski definition) is 1. The largest absolute Gasteiger partial charge is 0.481 e. The lowest BCUT2D eigenvalue weighted by atomic mass is 9.73. The molecule has 0 saturated heterocycles. The molecule has 0 spiro atoms. The van der Waals surface area contributed by atoms with E-state index in [0.717, 1.165) is 18.4 Å². The summed E-state index contributed by atoms with van der Waals surface area (Å²) >= 11 is 0. The van der Waals surface area contributed by atoms with E-state index in [0.29, 0.717) is 12.8 Å². The zero-order valence-electron chi connectivity index (χ0n) is 18.8. The number of allylic oxidation sites excluding steroid dienone is 1. The summed E-state index contributed by atoms with van der Waals surface area (Å²) in [5.41, 5.74) is 0.0854. The fourth-order valence-electron chi connectivity index (χ4n) is 4.31. The van der Waals surface area contributed by atoms with Crippen molar-refractivity contribution in [3.05, 3.63) is 48.6 Å². The van der Waals surface area contributed by atoms with Crippen molar-refractivity contribution >= 4 is 5.97 Å². The van der Waals surface area contributed by atoms with Crippen molar-refractivity contribution < 1.29 is 9.90 Å². The quantitative estimate of drug-likeness (QED) is 0.187. The zero-order valence-corrected chi connectivity index (χ0v) is 18.8. The molecule has 1 aromatic carbocycles. The predicted octanol–water partition coefficient (Wildman–Crippen LogP) is 8.46. The maximum Gasteiger partial charge on any atom is 0.314 e. The summed E-state index contributed by atoms with van der Waals surface area (Å²) in [5, 5.41) is 9.96. The Hall–Kier alpha value is -1.57. The molecule has 164 valence electrons. The van der Waals surface area contributed by atoms with E-state index in [2.05, 4.69) is 13.5 Å². The molecule has 1 atom stereocenters. The predicted molar refractivity (Wildman–Crippen MR) is 125 cm³/mol. The lowest BCUT2D eigenvalue weighted by Gasteiger charge is -2.29. The van der Waals surface area contributed by atoms with Crippen molar-refractivity contribution in [3.63, 3.8) is 0 Å². The lowest BCUT2D eigenvalue weighted by Crippen LogP contribution is -2.35. The van der Waals surface area contributed by atoms with Gasteiger partial charge in [0.05, 0.1) is 5.41 Å². The first-order valence-corrected chi connectivity index (χ1v) is 12.1. The Balaban J connectivity index is 2.17. The third kappa shape index (κ3) is 10.1. The average Bonchev–Trinajstić information content (AvgIpc) is 2.73. The zero-order chi connectivity index (χ0) is 21.2. The molecule has 1 unspecified atom stereocenters. The molecule has 1 N–H and O–H groups in total. The molecule has 0 amide bonds. The van der Waals surface area contributed by atoms with Crippen LogP contribution in [-0.2, 0) is 10.2 Å². The summed E-state index contributed by atoms with van der Waals surface area (Å²) in [5.74, 6) is -0.724. The number of hydrogen-bond acceptors (Lipinski definition) is 1. The number of benzene rings is 1. The Bertz CT molecular complexity index is 537. The van der Waals surface area contributed by atoms with Crippen LogP contribution in [0.1, 0.15) is 115 Å². The molecule has 2 heteroatoms. The maximum atomic E-state index is 12.1. The van der Waals surface area contributed by atoms with Crippen molar-refractivity contribution in [2.75, 3.05) is 0 Å². The molecule has 0 aliphatic heterocycles. The summed E-state index contributed by atoms with van der Waals surface area (Å²) in [4.78, 5) is 12.1. The number of aliphatic carboxylic acids is 1. The van der Waals surface area contributed by atoms with E-state index in [1.165, 1.54) is 77.0 Å². The van der Waals surface area contributed by atoms with Crippen LogP contribution in [0.3, 0.4) is 0 Å². The Morgan fingerprint density at radius 3 is 1.69 bits per heavy atom. The number of carboxylic acids is 1. The standard InChI is InChI=1S/C27H44O2/c1-3-5-6-7-8-9-10-11-12-13-14-15-16-20-24-27(23-4-2,26(28)29)25-21-18-17-19-22-25/h4,17-19,21-22H,2-3,5-16,20,23-24H2,1H3,(H,28,29). The van der Waals surface area contributed by atoms with E-state index >= 15 is 0 Å². The Morgan fingerprint density at radius 2 is 1.28 bits per heavy atom. The van der Waals surface area contributed by atoms with Gasteiger partial charge in [0, 0.05) is 0 Å². The molecule has 0 bridgehead atoms. The van der Waals surface area contributed by atoms with Crippen molar-refractivity contribution in [1.29, 1.82) is 0 Å². The van der Waals surface area contributed by atoms with Gasteiger partial charge in [0.25, 0.3) is 0 Å². The smallest absolute Gasteiger partial charge is 0.314 e. The molecule has 2 nitrogen and oxygen atoms in total. The summed E-state index contributed by atoms with van der Waals surface area (Å²) in [7, 11) is 0. The number of rotatable bonds is 19. The Kier molecular flexibility index (Phi) is 14.3. The molecule has 0 saturated carbocycles. The van der Waals surface area contributed by atoms with Crippen molar-refractivity contribution in [3.8, 4) is 0 Å². The van der Waals surface area contributed by atoms with Crippen molar-refractivity contribution in [1.82, 2.24) is 0 Å². The molecule has 1 aromatic rings. The second kappa shape index (κ2) is 16.3. The second-order valence-corrected chi connectivity index (χ2v) is 8.59. The SMILES string of the molecule is C=CCC(CCCCCCCCCCCCCCCC)(C(=O)O)c1ccccc1. The van der Waals surface area contributed by atoms with E-state index in [1.54, 1.807) is 6.08 Å². The van der Waals surface area contributed by atoms with Gasteiger partial charge in [-0.05, 0) is 18.4 Å². The molecular formula is C27H44O2. The van der Waals surface area contributed by atoms with Crippen LogP contribution in [-0.4, -0.2) is 11.1 Å². The average molecular weight is 401 g/mol. The molecule has 0 aromatic heterocycles. The highest BCUT2D eigenvalue weighted by Gasteiger charge is 2.38. The van der Waals surface area contributed by atoms with Crippen LogP contribution in [0.2, 0.25) is 0 Å². The van der Waals surface area contributed by atoms with Crippen LogP contribution >= 0.6 is 0 Å². The second-order valence-electron chi connectivity index (χ2n) is 8.59. The van der Waals surface area contributed by atoms with Gasteiger partial charge in [-0.25, -0.2) is 0 Å². The van der Waals surface area contributed by atoms with Gasteiger partial charge >= 0.3 is 5.97 Å². The number of unbranched alkanes of at least 4 members (excludes halogenated alkanes) is 13. The normalized spacial score (nSPS) is 13.1. The van der Waals surface area contributed by atoms with Crippen LogP contribution in [0.4, 0.5) is 0 Å². The van der Waals surface area contributed by atoms with E-state index in [4.69, 9.17) is 0 Å². The molecule has 0 radical (unpaired) electrons. The number of carbonyl (C=O) groups is 1. The van der Waals surface area contributed by atoms with E-state index in [9.17, 15) is 9.90 Å². The van der Waals surface area contributed by atoms with Crippen molar-refractivity contribution in [2.45, 2.75) is 115 Å². The van der Waals surface area contributed by atoms with Crippen LogP contribution in [0.5, 0.6) is 0 Å². The minimum atomic E-state index is -0.819. The van der Waals surface area contributed by atoms with Crippen molar-refractivity contribution in [2.24, 2.45) is 0 Å². The molecule has 0 heterocycles. The highest BCUT2D eigenvalue weighted by Crippen LogP contribution is 2.35. The maximum absolute atomic E-state index is 12.1. The molecule has 29 heavy (non-hydrogen) atoms. The highest BCUT2D eigenvalue weighted by molar-refractivity contribution is 5.81. The molecule has 0 aliphatic rings. The summed E-state index contributed by atoms with van der Waals surface area (Å²) in [6, 6.07) is 9.70. The van der Waals surface area contributed by atoms with Gasteiger partial charge in [-0.15, -0.1) is 6.58 Å². The Labute approximate surface area is 179 Å². The first kappa shape index (κ1) is 25.5. The first-order valence-electron chi connectivity index (χ1n) is 12.1. The van der Waals surface area contributed by atoms with E-state index < -0.39 is 11.4 Å². The third-order valence-corrected chi connectivity index (χ3v) is 6.19. The minimum absolute atomic E-state index is 0.491. The minimum Gasteiger partial charge on any atom is -0.481 e. The fourth-order valence-corrected chi connectivity index (χ4v) is 4.31. The van der Waals surface area contributed by atoms with E-state index in [-0.39, 0.29) is 0 Å². The van der Waals surface area contributed by atoms with Crippen LogP contribution < -0.4 is 0 Å². The van der Waals surface area contributed by atoms with Crippen LogP contribution in [0, 0.1) is 0 Å². The summed E-state index contributed by atoms with van der Waals surface area (Å²) < 4.78 is 0. The van der Waals surface area contributed by atoms with Gasteiger partial charge in [0.2, 0.25) is 0 Å². The highest BCUT2D eigenvalue weighted by atomic mass is 16.4. The third-order valence-electron chi connectivity index (χ3n) is 6.19. The topological polar surface area (TPSA) is 37.3 Å². The Morgan fingerprint density at radius 1 is 0.828 bits per heavy atom. The molecular weight excluding hydrogens is 356 g/mol. The summed E-state index contributed by atoms with van der Waals surface area (Å²) in [6.07, 6.45) is 21.4. The summed E-state index contributed by atoms with van der Waals surface area (Å²) in [6.45, 7) is 6.08. The fraction of sp³-hybridized carbons (Fsp3) is 0.667. The van der Waals surface area contributed by atoms with Gasteiger partial charge in [-0.1, -0.05) is 133 Å². The van der Waals surface area contributed by atoms with Crippen LogP contribution in [0.25, 0.3) is 0 Å². The van der Waals surface area contributed by atoms with Gasteiger partial charge in [-0.3, -0.25) is 4.79 Å². The van der Waals surface area contributed by atoms with Crippen LogP contribution in [0.15, 0.2) is 43.0 Å². The van der Waals surface area contributed by atoms with Gasteiger partial charge in [-0.2, -0.15) is 0 Å². The monoisotopic (exact) mass is 400 g/mol. The molecule has 0 fully saturated rings.